The van der Waals surface area contributed by atoms with E-state index in [4.69, 9.17) is 5.11 Å². The van der Waals surface area contributed by atoms with Crippen LogP contribution in [0.1, 0.15) is 129 Å². The van der Waals surface area contributed by atoms with Crippen molar-refractivity contribution in [2.45, 2.75) is 129 Å². The zero-order valence-electron chi connectivity index (χ0n) is 21.4. The minimum absolute atomic E-state index is 0.0124. The molecule has 0 radical (unpaired) electrons. The summed E-state index contributed by atoms with van der Waals surface area (Å²) >= 11 is 0. The number of hydrogen-bond donors (Lipinski definition) is 1. The van der Waals surface area contributed by atoms with Crippen molar-refractivity contribution in [1.82, 2.24) is 0 Å². The first-order valence-corrected chi connectivity index (χ1v) is 14.3. The average Bonchev–Trinajstić information content (AvgIpc) is 3.09. The number of carboxylic acid groups (broad SMARTS) is 1. The van der Waals surface area contributed by atoms with E-state index in [1.165, 1.54) is 83.5 Å². The molecule has 3 fully saturated rings. The highest BCUT2D eigenvalue weighted by Crippen LogP contribution is 2.65. The average molecular weight is 457 g/mol. The van der Waals surface area contributed by atoms with Gasteiger partial charge in [-0.3, -0.25) is 9.59 Å². The number of unbranched alkanes of at least 4 members (excludes halogenated alkanes) is 7. The van der Waals surface area contributed by atoms with E-state index in [2.05, 4.69) is 19.9 Å². The van der Waals surface area contributed by atoms with Gasteiger partial charge in [-0.2, -0.15) is 0 Å². The fourth-order valence-electron chi connectivity index (χ4n) is 8.62. The van der Waals surface area contributed by atoms with Crippen LogP contribution in [0.15, 0.2) is 11.6 Å². The molecule has 4 rings (SSSR count). The standard InChI is InChI=1S/C30H48O3/c1-29-19-17-22(11-9-7-5-3-4-6-8-10-12-28(32)33)21-23(29)13-14-24-25-15-16-27(31)30(25,2)20-18-26(24)29/h17,23-26H,3-16,18-21H2,1-2H3,(H,32,33)/t23?,24-,25-,26-,29-,30-/m0/s1. The van der Waals surface area contributed by atoms with Gasteiger partial charge in [0.1, 0.15) is 5.78 Å². The molecule has 0 aromatic carbocycles. The van der Waals surface area contributed by atoms with E-state index >= 15 is 0 Å². The summed E-state index contributed by atoms with van der Waals surface area (Å²) in [6, 6.07) is 0. The second-order valence-corrected chi connectivity index (χ2v) is 12.6. The monoisotopic (exact) mass is 456 g/mol. The van der Waals surface area contributed by atoms with Gasteiger partial charge >= 0.3 is 5.97 Å². The van der Waals surface area contributed by atoms with Crippen LogP contribution in [0.5, 0.6) is 0 Å². The van der Waals surface area contributed by atoms with Gasteiger partial charge in [0.25, 0.3) is 0 Å². The number of carbonyl (C=O) groups excluding carboxylic acids is 1. The topological polar surface area (TPSA) is 54.4 Å². The third kappa shape index (κ3) is 5.27. The Morgan fingerprint density at radius 2 is 1.64 bits per heavy atom. The third-order valence-electron chi connectivity index (χ3n) is 10.8. The molecule has 6 atom stereocenters. The highest BCUT2D eigenvalue weighted by atomic mass is 16.4. The van der Waals surface area contributed by atoms with Crippen LogP contribution in [0.25, 0.3) is 0 Å². The normalized spacial score (nSPS) is 37.8. The van der Waals surface area contributed by atoms with Crippen molar-refractivity contribution < 1.29 is 14.7 Å². The Balaban J connectivity index is 1.19. The molecule has 4 aliphatic rings. The largest absolute Gasteiger partial charge is 0.481 e. The fraction of sp³-hybridized carbons (Fsp3) is 0.867. The molecule has 0 saturated heterocycles. The van der Waals surface area contributed by atoms with Gasteiger partial charge in [-0.1, -0.05) is 64.0 Å². The smallest absolute Gasteiger partial charge is 0.303 e. The molecular weight excluding hydrogens is 408 g/mol. The summed E-state index contributed by atoms with van der Waals surface area (Å²) < 4.78 is 0. The molecule has 3 saturated carbocycles. The van der Waals surface area contributed by atoms with Crippen LogP contribution < -0.4 is 0 Å². The summed E-state index contributed by atoms with van der Waals surface area (Å²) in [6.07, 6.45) is 23.8. The van der Waals surface area contributed by atoms with Crippen LogP contribution in [-0.4, -0.2) is 16.9 Å². The van der Waals surface area contributed by atoms with Gasteiger partial charge in [-0.25, -0.2) is 0 Å². The Morgan fingerprint density at radius 3 is 2.36 bits per heavy atom. The number of aliphatic carboxylic acids is 1. The molecular formula is C30H48O3. The summed E-state index contributed by atoms with van der Waals surface area (Å²) in [5.41, 5.74) is 2.22. The molecule has 0 aromatic rings. The van der Waals surface area contributed by atoms with Crippen LogP contribution in [0.4, 0.5) is 0 Å². The second kappa shape index (κ2) is 10.6. The van der Waals surface area contributed by atoms with Crippen molar-refractivity contribution in [1.29, 1.82) is 0 Å². The van der Waals surface area contributed by atoms with E-state index in [1.54, 1.807) is 5.57 Å². The number of allylic oxidation sites excluding steroid dienone is 2. The lowest BCUT2D eigenvalue weighted by molar-refractivity contribution is -0.137. The van der Waals surface area contributed by atoms with Crippen LogP contribution in [-0.2, 0) is 9.59 Å². The molecule has 0 spiro atoms. The lowest BCUT2D eigenvalue weighted by Gasteiger charge is -2.59. The molecule has 0 heterocycles. The molecule has 1 unspecified atom stereocenters. The van der Waals surface area contributed by atoms with Crippen molar-refractivity contribution in [2.75, 3.05) is 0 Å². The van der Waals surface area contributed by atoms with Gasteiger partial charge in [0.05, 0.1) is 0 Å². The Morgan fingerprint density at radius 1 is 0.939 bits per heavy atom. The third-order valence-corrected chi connectivity index (χ3v) is 10.8. The van der Waals surface area contributed by atoms with E-state index < -0.39 is 5.97 Å². The van der Waals surface area contributed by atoms with Crippen LogP contribution in [0.2, 0.25) is 0 Å². The van der Waals surface area contributed by atoms with Crippen LogP contribution in [0.3, 0.4) is 0 Å². The Kier molecular flexibility index (Phi) is 8.06. The fourth-order valence-corrected chi connectivity index (χ4v) is 8.62. The maximum atomic E-state index is 12.6. The van der Waals surface area contributed by atoms with E-state index in [-0.39, 0.29) is 5.41 Å². The SMILES string of the molecule is C[C@]12CC=C(CCCCCCCCCCC(=O)O)CC1CC[C@@H]1[C@@H]2CC[C@]2(C)C(=O)CC[C@@H]12. The number of rotatable bonds is 11. The zero-order chi connectivity index (χ0) is 23.5. The summed E-state index contributed by atoms with van der Waals surface area (Å²) in [4.78, 5) is 23.2. The van der Waals surface area contributed by atoms with Crippen molar-refractivity contribution in [3.05, 3.63) is 11.6 Å². The van der Waals surface area contributed by atoms with Gasteiger partial charge < -0.3 is 5.11 Å². The molecule has 3 nitrogen and oxygen atoms in total. The molecule has 186 valence electrons. The quantitative estimate of drug-likeness (QED) is 0.252. The molecule has 0 aromatic heterocycles. The summed E-state index contributed by atoms with van der Waals surface area (Å²) in [5.74, 6) is 3.09. The molecule has 4 aliphatic carbocycles. The molecule has 0 aliphatic heterocycles. The number of Topliss-reactive ketones (excluding diaryl/α,β-unsaturated/α-hetero) is 1. The van der Waals surface area contributed by atoms with E-state index in [1.807, 2.05) is 0 Å². The molecule has 0 bridgehead atoms. The second-order valence-electron chi connectivity index (χ2n) is 12.6. The van der Waals surface area contributed by atoms with Crippen LogP contribution >= 0.6 is 0 Å². The first-order chi connectivity index (χ1) is 15.8. The minimum atomic E-state index is -0.660. The van der Waals surface area contributed by atoms with Crippen LogP contribution in [0, 0.1) is 34.5 Å². The number of hydrogen-bond acceptors (Lipinski definition) is 2. The predicted molar refractivity (Wildman–Crippen MR) is 134 cm³/mol. The highest BCUT2D eigenvalue weighted by Gasteiger charge is 2.59. The number of carbonyl (C=O) groups is 2. The maximum Gasteiger partial charge on any atom is 0.303 e. The lowest BCUT2D eigenvalue weighted by atomic mass is 9.45. The highest BCUT2D eigenvalue weighted by molar-refractivity contribution is 5.87. The molecule has 33 heavy (non-hydrogen) atoms. The zero-order valence-corrected chi connectivity index (χ0v) is 21.4. The van der Waals surface area contributed by atoms with Gasteiger partial charge in [0, 0.05) is 18.3 Å². The minimum Gasteiger partial charge on any atom is -0.481 e. The summed E-state index contributed by atoms with van der Waals surface area (Å²) in [6.45, 7) is 4.91. The Labute approximate surface area is 202 Å². The van der Waals surface area contributed by atoms with Gasteiger partial charge in [0.15, 0.2) is 0 Å². The molecule has 0 amide bonds. The molecule has 3 heteroatoms. The maximum absolute atomic E-state index is 12.6. The van der Waals surface area contributed by atoms with Gasteiger partial charge in [0.2, 0.25) is 0 Å². The number of carboxylic acids is 1. The summed E-state index contributed by atoms with van der Waals surface area (Å²) in [7, 11) is 0. The van der Waals surface area contributed by atoms with Gasteiger partial charge in [-0.15, -0.1) is 0 Å². The van der Waals surface area contributed by atoms with E-state index in [0.717, 1.165) is 43.4 Å². The van der Waals surface area contributed by atoms with E-state index in [0.29, 0.717) is 23.5 Å². The van der Waals surface area contributed by atoms with Crippen molar-refractivity contribution >= 4 is 11.8 Å². The van der Waals surface area contributed by atoms with Crippen molar-refractivity contribution in [3.8, 4) is 0 Å². The Hall–Kier alpha value is -1.12. The summed E-state index contributed by atoms with van der Waals surface area (Å²) in [5, 5.41) is 8.68. The van der Waals surface area contributed by atoms with Crippen molar-refractivity contribution in [2.24, 2.45) is 34.5 Å². The molecule has 1 N–H and O–H groups in total. The Bertz CT molecular complexity index is 739. The van der Waals surface area contributed by atoms with E-state index in [9.17, 15) is 9.59 Å². The van der Waals surface area contributed by atoms with Gasteiger partial charge in [-0.05, 0) is 93.3 Å². The first kappa shape index (κ1) is 25.0. The number of fused-ring (bicyclic) bond motifs is 5. The first-order valence-electron chi connectivity index (χ1n) is 14.3. The predicted octanol–water partition coefficient (Wildman–Crippen LogP) is 8.12. The number of ketones is 1. The lowest BCUT2D eigenvalue weighted by Crippen LogP contribution is -2.52. The van der Waals surface area contributed by atoms with Crippen molar-refractivity contribution in [3.63, 3.8) is 0 Å².